The molecule has 0 aliphatic heterocycles. The molecule has 0 amide bonds. The van der Waals surface area contributed by atoms with E-state index in [4.69, 9.17) is 4.74 Å². The first-order valence-electron chi connectivity index (χ1n) is 3.52. The average molecular weight is 178 g/mol. The van der Waals surface area contributed by atoms with E-state index in [-0.39, 0.29) is 6.42 Å². The highest BCUT2D eigenvalue weighted by Crippen LogP contribution is 2.34. The number of allylic oxidation sites excluding steroid dienone is 4. The van der Waals surface area contributed by atoms with E-state index in [2.05, 4.69) is 0 Å². The maximum Gasteiger partial charge on any atom is 0.395 e. The molecule has 0 saturated heterocycles. The lowest BCUT2D eigenvalue weighted by Gasteiger charge is -2.19. The van der Waals surface area contributed by atoms with Gasteiger partial charge in [-0.15, -0.1) is 0 Å². The van der Waals surface area contributed by atoms with E-state index in [1.165, 1.54) is 13.2 Å². The van der Waals surface area contributed by atoms with Crippen LogP contribution in [0.15, 0.2) is 24.0 Å². The summed E-state index contributed by atoms with van der Waals surface area (Å²) in [7, 11) is 1.37. The highest BCUT2D eigenvalue weighted by atomic mass is 19.4. The van der Waals surface area contributed by atoms with E-state index in [1.54, 1.807) is 6.08 Å². The molecule has 0 bridgehead atoms. The van der Waals surface area contributed by atoms with E-state index in [0.717, 1.165) is 6.08 Å². The van der Waals surface area contributed by atoms with Crippen LogP contribution in [-0.4, -0.2) is 13.3 Å². The van der Waals surface area contributed by atoms with Gasteiger partial charge in [0.15, 0.2) is 0 Å². The van der Waals surface area contributed by atoms with Crippen LogP contribution in [-0.2, 0) is 4.74 Å². The van der Waals surface area contributed by atoms with Crippen LogP contribution < -0.4 is 0 Å². The monoisotopic (exact) mass is 178 g/mol. The molecule has 0 spiro atoms. The SMILES string of the molecule is COC1=CC=CC(C(F)(F)F)C1. The Morgan fingerprint density at radius 1 is 1.50 bits per heavy atom. The van der Waals surface area contributed by atoms with Crippen LogP contribution in [0, 0.1) is 5.92 Å². The van der Waals surface area contributed by atoms with Crippen molar-refractivity contribution in [2.45, 2.75) is 12.6 Å². The van der Waals surface area contributed by atoms with E-state index >= 15 is 0 Å². The van der Waals surface area contributed by atoms with Gasteiger partial charge in [-0.2, -0.15) is 13.2 Å². The Hall–Kier alpha value is -0.930. The van der Waals surface area contributed by atoms with E-state index in [9.17, 15) is 13.2 Å². The van der Waals surface area contributed by atoms with Crippen molar-refractivity contribution in [2.24, 2.45) is 5.92 Å². The standard InChI is InChI=1S/C8H9F3O/c1-12-7-4-2-3-6(5-7)8(9,10)11/h2-4,6H,5H2,1H3. The molecule has 0 radical (unpaired) electrons. The fourth-order valence-corrected chi connectivity index (χ4v) is 1.03. The number of halogens is 3. The number of alkyl halides is 3. The lowest BCUT2D eigenvalue weighted by atomic mass is 9.99. The summed E-state index contributed by atoms with van der Waals surface area (Å²) < 4.78 is 41.1. The molecule has 68 valence electrons. The summed E-state index contributed by atoms with van der Waals surface area (Å²) in [6.07, 6.45) is -0.184. The van der Waals surface area contributed by atoms with Crippen LogP contribution in [0.5, 0.6) is 0 Å². The molecular formula is C8H9F3O. The molecule has 4 heteroatoms. The van der Waals surface area contributed by atoms with E-state index in [1.807, 2.05) is 0 Å². The van der Waals surface area contributed by atoms with Gasteiger partial charge in [0.2, 0.25) is 0 Å². The minimum Gasteiger partial charge on any atom is -0.501 e. The minimum atomic E-state index is -4.16. The molecule has 0 saturated carbocycles. The largest absolute Gasteiger partial charge is 0.501 e. The topological polar surface area (TPSA) is 9.23 Å². The number of methoxy groups -OCH3 is 1. The van der Waals surface area contributed by atoms with Gasteiger partial charge >= 0.3 is 6.18 Å². The van der Waals surface area contributed by atoms with Crippen molar-refractivity contribution in [3.63, 3.8) is 0 Å². The number of hydrogen-bond acceptors (Lipinski definition) is 1. The third kappa shape index (κ3) is 2.03. The Balaban J connectivity index is 2.65. The molecular weight excluding hydrogens is 169 g/mol. The van der Waals surface area contributed by atoms with Gasteiger partial charge in [-0.05, 0) is 6.08 Å². The summed E-state index contributed by atoms with van der Waals surface area (Å²) in [5.41, 5.74) is 0. The number of hydrogen-bond donors (Lipinski definition) is 0. The summed E-state index contributed by atoms with van der Waals surface area (Å²) >= 11 is 0. The first-order valence-corrected chi connectivity index (χ1v) is 3.52. The van der Waals surface area contributed by atoms with Crippen LogP contribution in [0.1, 0.15) is 6.42 Å². The zero-order valence-corrected chi connectivity index (χ0v) is 6.56. The highest BCUT2D eigenvalue weighted by molar-refractivity contribution is 5.16. The van der Waals surface area contributed by atoms with E-state index in [0.29, 0.717) is 5.76 Å². The highest BCUT2D eigenvalue weighted by Gasteiger charge is 2.38. The molecule has 0 fully saturated rings. The fourth-order valence-electron chi connectivity index (χ4n) is 1.03. The third-order valence-corrected chi connectivity index (χ3v) is 1.73. The lowest BCUT2D eigenvalue weighted by Crippen LogP contribution is -2.22. The zero-order chi connectivity index (χ0) is 9.19. The van der Waals surface area contributed by atoms with Gasteiger partial charge < -0.3 is 4.74 Å². The van der Waals surface area contributed by atoms with Crippen molar-refractivity contribution in [2.75, 3.05) is 7.11 Å². The number of ether oxygens (including phenoxy) is 1. The second-order valence-corrected chi connectivity index (χ2v) is 2.57. The quantitative estimate of drug-likeness (QED) is 0.599. The van der Waals surface area contributed by atoms with Crippen LogP contribution in [0.4, 0.5) is 13.2 Å². The smallest absolute Gasteiger partial charge is 0.395 e. The molecule has 1 unspecified atom stereocenters. The molecule has 0 N–H and O–H groups in total. The average Bonchev–Trinajstić information content (AvgIpc) is 2.03. The predicted octanol–water partition coefficient (Wildman–Crippen LogP) is 2.66. The van der Waals surface area contributed by atoms with Crippen molar-refractivity contribution >= 4 is 0 Å². The summed E-state index contributed by atoms with van der Waals surface area (Å²) in [6.45, 7) is 0. The Labute approximate surface area is 68.5 Å². The zero-order valence-electron chi connectivity index (χ0n) is 6.56. The van der Waals surface area contributed by atoms with Gasteiger partial charge in [-0.1, -0.05) is 12.2 Å². The Bertz CT molecular complexity index is 215. The molecule has 12 heavy (non-hydrogen) atoms. The molecule has 0 aromatic heterocycles. The molecule has 1 atom stereocenters. The van der Waals surface area contributed by atoms with Gasteiger partial charge in [-0.3, -0.25) is 0 Å². The summed E-state index contributed by atoms with van der Waals surface area (Å²) in [5.74, 6) is -1.02. The molecule has 1 aliphatic carbocycles. The Morgan fingerprint density at radius 2 is 2.17 bits per heavy atom. The van der Waals surface area contributed by atoms with Gasteiger partial charge in [0.1, 0.15) is 0 Å². The van der Waals surface area contributed by atoms with Gasteiger partial charge in [0.05, 0.1) is 18.8 Å². The second-order valence-electron chi connectivity index (χ2n) is 2.57. The fraction of sp³-hybridized carbons (Fsp3) is 0.500. The molecule has 0 aromatic carbocycles. The molecule has 0 heterocycles. The van der Waals surface area contributed by atoms with Crippen LogP contribution >= 0.6 is 0 Å². The van der Waals surface area contributed by atoms with Gasteiger partial charge in [0.25, 0.3) is 0 Å². The van der Waals surface area contributed by atoms with Crippen LogP contribution in [0.3, 0.4) is 0 Å². The lowest BCUT2D eigenvalue weighted by molar-refractivity contribution is -0.162. The van der Waals surface area contributed by atoms with Crippen LogP contribution in [0.2, 0.25) is 0 Å². The summed E-state index contributed by atoms with van der Waals surface area (Å²) in [4.78, 5) is 0. The summed E-state index contributed by atoms with van der Waals surface area (Å²) in [6, 6.07) is 0. The van der Waals surface area contributed by atoms with Gasteiger partial charge in [0, 0.05) is 6.42 Å². The normalized spacial score (nSPS) is 23.7. The first-order chi connectivity index (χ1) is 5.54. The first kappa shape index (κ1) is 9.16. The maximum absolute atomic E-state index is 12.1. The molecule has 1 rings (SSSR count). The molecule has 1 nitrogen and oxygen atoms in total. The van der Waals surface area contributed by atoms with Gasteiger partial charge in [-0.25, -0.2) is 0 Å². The molecule has 1 aliphatic rings. The Kier molecular flexibility index (Phi) is 2.45. The maximum atomic E-state index is 12.1. The summed E-state index contributed by atoms with van der Waals surface area (Å²) in [5, 5.41) is 0. The predicted molar refractivity (Wildman–Crippen MR) is 38.4 cm³/mol. The van der Waals surface area contributed by atoms with E-state index < -0.39 is 12.1 Å². The third-order valence-electron chi connectivity index (χ3n) is 1.73. The Morgan fingerprint density at radius 3 is 2.67 bits per heavy atom. The minimum absolute atomic E-state index is 0.0868. The van der Waals surface area contributed by atoms with Crippen molar-refractivity contribution in [3.05, 3.63) is 24.0 Å². The van der Waals surface area contributed by atoms with Crippen LogP contribution in [0.25, 0.3) is 0 Å². The second kappa shape index (κ2) is 3.21. The van der Waals surface area contributed by atoms with Crippen molar-refractivity contribution in [3.8, 4) is 0 Å². The number of rotatable bonds is 1. The molecule has 0 aromatic rings. The van der Waals surface area contributed by atoms with Crippen molar-refractivity contribution in [1.29, 1.82) is 0 Å². The van der Waals surface area contributed by atoms with Crippen molar-refractivity contribution < 1.29 is 17.9 Å². The van der Waals surface area contributed by atoms with Crippen molar-refractivity contribution in [1.82, 2.24) is 0 Å².